The number of amides is 3. The molecule has 2 N–H and O–H groups in total. The second-order valence-corrected chi connectivity index (χ2v) is 11.1. The third-order valence-electron chi connectivity index (χ3n) is 8.09. The molecule has 3 aliphatic heterocycles. The van der Waals surface area contributed by atoms with Crippen LogP contribution in [0.1, 0.15) is 44.9 Å². The lowest BCUT2D eigenvalue weighted by Crippen LogP contribution is -2.57. The van der Waals surface area contributed by atoms with Crippen molar-refractivity contribution in [3.8, 4) is 0 Å². The van der Waals surface area contributed by atoms with Gasteiger partial charge in [0.25, 0.3) is 0 Å². The van der Waals surface area contributed by atoms with Gasteiger partial charge in [0, 0.05) is 22.7 Å². The van der Waals surface area contributed by atoms with Crippen molar-refractivity contribution in [3.05, 3.63) is 36.4 Å². The van der Waals surface area contributed by atoms with E-state index in [4.69, 9.17) is 4.74 Å². The van der Waals surface area contributed by atoms with Crippen LogP contribution in [-0.4, -0.2) is 58.7 Å². The first-order valence-corrected chi connectivity index (χ1v) is 13.7. The van der Waals surface area contributed by atoms with Crippen molar-refractivity contribution in [2.75, 3.05) is 11.6 Å². The zero-order valence-corrected chi connectivity index (χ0v) is 20.2. The number of carbonyl (C=O) groups excluding carboxylic acids is 3. The Morgan fingerprint density at radius 1 is 1.12 bits per heavy atom. The van der Waals surface area contributed by atoms with Crippen molar-refractivity contribution in [3.63, 3.8) is 0 Å². The molecule has 3 heterocycles. The normalized spacial score (nSPS) is 34.4. The first kappa shape index (κ1) is 22.2. The average Bonchev–Trinajstić information content (AvgIpc) is 3.44. The highest BCUT2D eigenvalue weighted by Gasteiger charge is 2.74. The minimum atomic E-state index is -1.06. The Balaban J connectivity index is 1.28. The third kappa shape index (κ3) is 3.49. The smallest absolute Gasteiger partial charge is 0.246 e. The Bertz CT molecular complexity index is 1050. The van der Waals surface area contributed by atoms with Gasteiger partial charge < -0.3 is 20.3 Å². The van der Waals surface area contributed by atoms with Crippen molar-refractivity contribution in [2.24, 2.45) is 11.8 Å². The fraction of sp³-hybridized carbons (Fsp3) is 0.577. The van der Waals surface area contributed by atoms with Gasteiger partial charge in [-0.25, -0.2) is 0 Å². The van der Waals surface area contributed by atoms with E-state index in [0.29, 0.717) is 5.69 Å². The molecule has 3 amide bonds. The molecule has 4 fully saturated rings. The van der Waals surface area contributed by atoms with Crippen LogP contribution in [0.3, 0.4) is 0 Å². The number of nitrogens with zero attached hydrogens (tertiary/aromatic N) is 1. The van der Waals surface area contributed by atoms with Gasteiger partial charge in [0.05, 0.1) is 17.9 Å². The Labute approximate surface area is 204 Å². The summed E-state index contributed by atoms with van der Waals surface area (Å²) in [5, 5.41) is 6.24. The lowest BCUT2D eigenvalue weighted by molar-refractivity contribution is -0.142. The number of thioether (sulfide) groups is 1. The average molecular weight is 482 g/mol. The minimum absolute atomic E-state index is 0.0626. The second-order valence-electron chi connectivity index (χ2n) is 10.2. The molecule has 3 unspecified atom stereocenters. The van der Waals surface area contributed by atoms with E-state index in [1.807, 2.05) is 42.7 Å². The van der Waals surface area contributed by atoms with E-state index in [0.717, 1.165) is 43.4 Å². The summed E-state index contributed by atoms with van der Waals surface area (Å²) in [6.45, 7) is 0. The molecule has 6 rings (SSSR count). The molecule has 5 atom stereocenters. The highest BCUT2D eigenvalue weighted by atomic mass is 32.2. The summed E-state index contributed by atoms with van der Waals surface area (Å²) < 4.78 is 6.40. The number of fused-ring (bicyclic) bond motifs is 1. The van der Waals surface area contributed by atoms with Crippen LogP contribution in [0.15, 0.2) is 41.3 Å². The minimum Gasteiger partial charge on any atom is -0.359 e. The van der Waals surface area contributed by atoms with E-state index < -0.39 is 29.6 Å². The van der Waals surface area contributed by atoms with Crippen LogP contribution >= 0.6 is 11.8 Å². The van der Waals surface area contributed by atoms with Crippen LogP contribution in [0.25, 0.3) is 0 Å². The Morgan fingerprint density at radius 3 is 2.65 bits per heavy atom. The lowest BCUT2D eigenvalue weighted by Gasteiger charge is -2.34. The number of hydrogen-bond acceptors (Lipinski definition) is 5. The van der Waals surface area contributed by atoms with Gasteiger partial charge in [0.15, 0.2) is 0 Å². The van der Waals surface area contributed by atoms with Crippen LogP contribution < -0.4 is 10.6 Å². The van der Waals surface area contributed by atoms with Gasteiger partial charge in [0.1, 0.15) is 11.6 Å². The van der Waals surface area contributed by atoms with Crippen molar-refractivity contribution in [1.82, 2.24) is 10.2 Å². The zero-order chi connectivity index (χ0) is 23.4. The van der Waals surface area contributed by atoms with Crippen molar-refractivity contribution < 1.29 is 19.1 Å². The van der Waals surface area contributed by atoms with Gasteiger partial charge in [-0.3, -0.25) is 14.4 Å². The summed E-state index contributed by atoms with van der Waals surface area (Å²) in [6, 6.07) is 7.17. The molecule has 1 aromatic carbocycles. The Morgan fingerprint density at radius 2 is 1.91 bits per heavy atom. The second kappa shape index (κ2) is 8.41. The number of hydrogen-bond donors (Lipinski definition) is 2. The summed E-state index contributed by atoms with van der Waals surface area (Å²) in [4.78, 5) is 43.7. The summed E-state index contributed by atoms with van der Waals surface area (Å²) >= 11 is 1.60. The SMILES string of the molecule is CSc1cccc(NC(=O)C2[C@H]3C=CC4(O3)C(C(=O)NC3CCCCC3)N(C3CC3)C(=O)[C@@H]24)c1. The number of anilines is 1. The van der Waals surface area contributed by atoms with Gasteiger partial charge in [-0.15, -0.1) is 11.8 Å². The van der Waals surface area contributed by atoms with Crippen LogP contribution in [-0.2, 0) is 19.1 Å². The number of nitrogens with one attached hydrogen (secondary N) is 2. The summed E-state index contributed by atoms with van der Waals surface area (Å²) in [7, 11) is 0. The van der Waals surface area contributed by atoms with Gasteiger partial charge in [-0.05, 0) is 50.1 Å². The molecule has 0 radical (unpaired) electrons. The fourth-order valence-corrected chi connectivity index (χ4v) is 6.87. The molecule has 7 nitrogen and oxygen atoms in total. The van der Waals surface area contributed by atoms with E-state index in [1.54, 1.807) is 16.7 Å². The molecule has 1 spiro atoms. The maximum atomic E-state index is 13.8. The molecule has 0 aromatic heterocycles. The number of benzene rings is 1. The summed E-state index contributed by atoms with van der Waals surface area (Å²) in [5.74, 6) is -1.79. The van der Waals surface area contributed by atoms with E-state index >= 15 is 0 Å². The molecule has 2 bridgehead atoms. The monoisotopic (exact) mass is 481 g/mol. The molecular weight excluding hydrogens is 450 g/mol. The van der Waals surface area contributed by atoms with Gasteiger partial charge in [0.2, 0.25) is 17.7 Å². The fourth-order valence-electron chi connectivity index (χ4n) is 6.41. The van der Waals surface area contributed by atoms with Crippen LogP contribution in [0, 0.1) is 11.8 Å². The molecule has 1 aromatic rings. The van der Waals surface area contributed by atoms with Gasteiger partial charge in [-0.1, -0.05) is 37.5 Å². The van der Waals surface area contributed by atoms with Gasteiger partial charge >= 0.3 is 0 Å². The highest BCUT2D eigenvalue weighted by Crippen LogP contribution is 2.57. The number of carbonyl (C=O) groups is 3. The predicted molar refractivity (Wildman–Crippen MR) is 129 cm³/mol. The molecule has 2 saturated carbocycles. The predicted octanol–water partition coefficient (Wildman–Crippen LogP) is 3.11. The molecule has 5 aliphatic rings. The lowest BCUT2D eigenvalue weighted by atomic mass is 9.74. The number of ether oxygens (including phenoxy) is 1. The molecular formula is C26H31N3O4S. The molecule has 180 valence electrons. The largest absolute Gasteiger partial charge is 0.359 e. The molecule has 2 aliphatic carbocycles. The summed E-state index contributed by atoms with van der Waals surface area (Å²) in [5.41, 5.74) is -0.361. The zero-order valence-electron chi connectivity index (χ0n) is 19.4. The van der Waals surface area contributed by atoms with Crippen molar-refractivity contribution in [2.45, 2.75) is 79.7 Å². The molecule has 2 saturated heterocycles. The van der Waals surface area contributed by atoms with Crippen LogP contribution in [0.5, 0.6) is 0 Å². The van der Waals surface area contributed by atoms with Crippen molar-refractivity contribution in [1.29, 1.82) is 0 Å². The Hall–Kier alpha value is -2.32. The maximum absolute atomic E-state index is 13.8. The maximum Gasteiger partial charge on any atom is 0.246 e. The standard InChI is InChI=1S/C26H31N3O4S/c1-34-18-9-5-8-16(14-18)28-23(30)20-19-12-13-26(33-19)21(20)25(32)29(17-10-11-17)22(26)24(31)27-15-6-3-2-4-7-15/h5,8-9,12-15,17,19-22H,2-4,6-7,10-11H2,1H3,(H,27,31)(H,28,30)/t19-,20?,21-,22?,26?/m1/s1. The summed E-state index contributed by atoms with van der Waals surface area (Å²) in [6.07, 6.45) is 12.5. The third-order valence-corrected chi connectivity index (χ3v) is 8.82. The van der Waals surface area contributed by atoms with Crippen LogP contribution in [0.2, 0.25) is 0 Å². The molecule has 8 heteroatoms. The quantitative estimate of drug-likeness (QED) is 0.482. The van der Waals surface area contributed by atoms with Crippen molar-refractivity contribution >= 4 is 35.2 Å². The van der Waals surface area contributed by atoms with Gasteiger partial charge in [-0.2, -0.15) is 0 Å². The van der Waals surface area contributed by atoms with Crippen LogP contribution in [0.4, 0.5) is 5.69 Å². The van der Waals surface area contributed by atoms with E-state index in [9.17, 15) is 14.4 Å². The van der Waals surface area contributed by atoms with E-state index in [-0.39, 0.29) is 29.8 Å². The van der Waals surface area contributed by atoms with E-state index in [2.05, 4.69) is 10.6 Å². The first-order chi connectivity index (χ1) is 16.5. The highest BCUT2D eigenvalue weighted by molar-refractivity contribution is 7.98. The van der Waals surface area contributed by atoms with E-state index in [1.165, 1.54) is 6.42 Å². The first-order valence-electron chi connectivity index (χ1n) is 12.5. The topological polar surface area (TPSA) is 87.7 Å². The molecule has 34 heavy (non-hydrogen) atoms. The number of likely N-dealkylation sites (tertiary alicyclic amines) is 1. The Kier molecular flexibility index (Phi) is 5.48. The number of rotatable bonds is 6.